The molecule has 1 fully saturated rings. The number of hydrogen-bond acceptors (Lipinski definition) is 0. The molecule has 0 saturated heterocycles. The Kier molecular flexibility index (Phi) is 2.24. The van der Waals surface area contributed by atoms with E-state index < -0.39 is 19.8 Å². The predicted octanol–water partition coefficient (Wildman–Crippen LogP) is 2.54. The summed E-state index contributed by atoms with van der Waals surface area (Å²) in [5.41, 5.74) is 0. The average Bonchev–Trinajstić information content (AvgIpc) is 2.43. The van der Waals surface area contributed by atoms with Crippen molar-refractivity contribution in [3.63, 3.8) is 0 Å². The maximum absolute atomic E-state index is 2.52. The molecule has 0 spiro atoms. The van der Waals surface area contributed by atoms with Gasteiger partial charge in [0.1, 0.15) is 0 Å². The average molecular weight is 218 g/mol. The zero-order chi connectivity index (χ0) is 6.15. The van der Waals surface area contributed by atoms with Crippen LogP contribution in [0.3, 0.4) is 0 Å². The van der Waals surface area contributed by atoms with Gasteiger partial charge in [-0.3, -0.25) is 0 Å². The van der Waals surface area contributed by atoms with E-state index in [4.69, 9.17) is 0 Å². The van der Waals surface area contributed by atoms with Gasteiger partial charge in [-0.25, -0.2) is 0 Å². The third kappa shape index (κ3) is 1.64. The van der Waals surface area contributed by atoms with E-state index in [2.05, 4.69) is 16.8 Å². The molecule has 1 unspecified atom stereocenters. The minimum absolute atomic E-state index is 0.745. The van der Waals surface area contributed by atoms with Crippen LogP contribution in [-0.2, 0) is 0 Å². The molecular formula is C7H15Sn. The molecule has 8 heavy (non-hydrogen) atoms. The Morgan fingerprint density at radius 3 is 2.00 bits per heavy atom. The van der Waals surface area contributed by atoms with Crippen molar-refractivity contribution in [2.45, 2.75) is 33.6 Å². The van der Waals surface area contributed by atoms with Crippen LogP contribution in [0.4, 0.5) is 0 Å². The second kappa shape index (κ2) is 2.59. The minimum atomic E-state index is -0.745. The SMILES string of the molecule is C[CH](C1CC1)[Sn]([CH3])[CH3]. The van der Waals surface area contributed by atoms with Crippen molar-refractivity contribution in [1.82, 2.24) is 0 Å². The summed E-state index contributed by atoms with van der Waals surface area (Å²) in [6, 6.07) is 0. The van der Waals surface area contributed by atoms with Crippen LogP contribution in [-0.4, -0.2) is 19.8 Å². The van der Waals surface area contributed by atoms with Gasteiger partial charge in [-0.1, -0.05) is 0 Å². The Labute approximate surface area is 59.4 Å². The van der Waals surface area contributed by atoms with E-state index in [0.717, 1.165) is 0 Å². The van der Waals surface area contributed by atoms with Crippen LogP contribution >= 0.6 is 0 Å². The second-order valence-electron chi connectivity index (χ2n) is 3.20. The van der Waals surface area contributed by atoms with Crippen LogP contribution in [0.15, 0.2) is 0 Å². The zero-order valence-electron chi connectivity index (χ0n) is 6.07. The summed E-state index contributed by atoms with van der Waals surface area (Å²) in [6.45, 7) is 2.46. The first-order valence-corrected chi connectivity index (χ1v) is 10.9. The molecule has 1 aliphatic rings. The van der Waals surface area contributed by atoms with E-state index in [0.29, 0.717) is 0 Å². The Morgan fingerprint density at radius 2 is 1.88 bits per heavy atom. The van der Waals surface area contributed by atoms with E-state index in [1.54, 1.807) is 12.8 Å². The van der Waals surface area contributed by atoms with Crippen LogP contribution in [0.2, 0.25) is 13.8 Å². The normalized spacial score (nSPS) is 24.0. The molecule has 0 bridgehead atoms. The Morgan fingerprint density at radius 1 is 1.38 bits per heavy atom. The summed E-state index contributed by atoms with van der Waals surface area (Å²) in [5.74, 6) is 1.18. The monoisotopic (exact) mass is 219 g/mol. The number of rotatable bonds is 2. The third-order valence-electron chi connectivity index (χ3n) is 2.24. The van der Waals surface area contributed by atoms with Crippen molar-refractivity contribution in [3.8, 4) is 0 Å². The van der Waals surface area contributed by atoms with Gasteiger partial charge < -0.3 is 0 Å². The predicted molar refractivity (Wildman–Crippen MR) is 39.6 cm³/mol. The van der Waals surface area contributed by atoms with Crippen LogP contribution in [0.5, 0.6) is 0 Å². The third-order valence-corrected chi connectivity index (χ3v) is 8.78. The fourth-order valence-electron chi connectivity index (χ4n) is 1.07. The molecule has 1 saturated carbocycles. The number of hydrogen-bond donors (Lipinski definition) is 0. The van der Waals surface area contributed by atoms with Crippen molar-refractivity contribution in [3.05, 3.63) is 0 Å². The van der Waals surface area contributed by atoms with E-state index in [1.165, 1.54) is 9.85 Å². The molecule has 0 aromatic heterocycles. The second-order valence-corrected chi connectivity index (χ2v) is 12.0. The Balaban J connectivity index is 2.22. The molecule has 0 aromatic rings. The van der Waals surface area contributed by atoms with Crippen LogP contribution in [0, 0.1) is 5.92 Å². The molecular weight excluding hydrogens is 203 g/mol. The molecule has 0 aromatic carbocycles. The molecule has 0 amide bonds. The molecule has 1 heteroatoms. The first kappa shape index (κ1) is 6.91. The summed E-state index contributed by atoms with van der Waals surface area (Å²) < 4.78 is 1.18. The fraction of sp³-hybridized carbons (Fsp3) is 1.00. The van der Waals surface area contributed by atoms with E-state index >= 15 is 0 Å². The summed E-state index contributed by atoms with van der Waals surface area (Å²) in [5, 5.41) is 0. The van der Waals surface area contributed by atoms with Crippen molar-refractivity contribution >= 4 is 19.8 Å². The summed E-state index contributed by atoms with van der Waals surface area (Å²) in [4.78, 5) is 5.04. The first-order chi connectivity index (χ1) is 3.72. The molecule has 47 valence electrons. The summed E-state index contributed by atoms with van der Waals surface area (Å²) in [7, 11) is 0. The van der Waals surface area contributed by atoms with Gasteiger partial charge in [0.15, 0.2) is 0 Å². The quantitative estimate of drug-likeness (QED) is 0.624. The molecule has 0 N–H and O–H groups in total. The van der Waals surface area contributed by atoms with Crippen molar-refractivity contribution in [2.24, 2.45) is 5.92 Å². The van der Waals surface area contributed by atoms with Gasteiger partial charge >= 0.3 is 59.3 Å². The zero-order valence-corrected chi connectivity index (χ0v) is 8.92. The van der Waals surface area contributed by atoms with Gasteiger partial charge in [-0.05, 0) is 0 Å². The molecule has 0 heterocycles. The van der Waals surface area contributed by atoms with Crippen LogP contribution in [0.25, 0.3) is 0 Å². The van der Waals surface area contributed by atoms with Crippen LogP contribution < -0.4 is 0 Å². The van der Waals surface area contributed by atoms with Crippen molar-refractivity contribution in [1.29, 1.82) is 0 Å². The van der Waals surface area contributed by atoms with E-state index in [1.807, 2.05) is 0 Å². The molecule has 0 nitrogen and oxygen atoms in total. The maximum atomic E-state index is 2.52. The van der Waals surface area contributed by atoms with E-state index in [-0.39, 0.29) is 0 Å². The van der Waals surface area contributed by atoms with Gasteiger partial charge in [0, 0.05) is 0 Å². The molecule has 1 rings (SSSR count). The Bertz CT molecular complexity index is 72.5. The standard InChI is InChI=1S/C5H9.2CH3.Sn/c1-2-5-3-4-5;;;/h2,5H,3-4H2,1H3;2*1H3;. The van der Waals surface area contributed by atoms with E-state index in [9.17, 15) is 0 Å². The van der Waals surface area contributed by atoms with Gasteiger partial charge in [-0.15, -0.1) is 0 Å². The van der Waals surface area contributed by atoms with Gasteiger partial charge in [0.2, 0.25) is 0 Å². The topological polar surface area (TPSA) is 0 Å². The summed E-state index contributed by atoms with van der Waals surface area (Å²) in [6.07, 6.45) is 3.10. The Hall–Kier alpha value is 0.799. The van der Waals surface area contributed by atoms with Crippen LogP contribution in [0.1, 0.15) is 19.8 Å². The molecule has 1 aliphatic carbocycles. The molecule has 1 radical (unpaired) electrons. The fourth-order valence-corrected chi connectivity index (χ4v) is 4.71. The molecule has 1 atom stereocenters. The first-order valence-electron chi connectivity index (χ1n) is 3.52. The molecule has 0 aliphatic heterocycles. The van der Waals surface area contributed by atoms with Crippen molar-refractivity contribution < 1.29 is 0 Å². The summed E-state index contributed by atoms with van der Waals surface area (Å²) >= 11 is -0.745. The van der Waals surface area contributed by atoms with Gasteiger partial charge in [0.25, 0.3) is 0 Å². The van der Waals surface area contributed by atoms with Gasteiger partial charge in [-0.2, -0.15) is 0 Å². The van der Waals surface area contributed by atoms with Crippen molar-refractivity contribution in [2.75, 3.05) is 0 Å². The van der Waals surface area contributed by atoms with Gasteiger partial charge in [0.05, 0.1) is 0 Å².